The summed E-state index contributed by atoms with van der Waals surface area (Å²) in [6, 6.07) is 47.8. The fourth-order valence-corrected chi connectivity index (χ4v) is 6.44. The zero-order chi connectivity index (χ0) is 29.2. The molecule has 5 heteroatoms. The minimum atomic E-state index is 0.381. The van der Waals surface area contributed by atoms with E-state index in [0.29, 0.717) is 11.5 Å². The summed E-state index contributed by atoms with van der Waals surface area (Å²) < 4.78 is 8.66. The van der Waals surface area contributed by atoms with Gasteiger partial charge in [0.05, 0.1) is 16.6 Å². The Morgan fingerprint density at radius 2 is 1.27 bits per heavy atom. The highest BCUT2D eigenvalue weighted by atomic mass is 16.3. The van der Waals surface area contributed by atoms with Crippen LogP contribution in [0.25, 0.3) is 82.8 Å². The number of hydrogen-bond acceptors (Lipinski definition) is 4. The molecule has 0 aliphatic carbocycles. The molecule has 0 saturated carbocycles. The predicted molar refractivity (Wildman–Crippen MR) is 177 cm³/mol. The Bertz CT molecular complexity index is 2620. The molecule has 0 aliphatic rings. The van der Waals surface area contributed by atoms with E-state index in [-0.39, 0.29) is 0 Å². The number of para-hydroxylation sites is 4. The van der Waals surface area contributed by atoms with Crippen LogP contribution in [0.4, 0.5) is 0 Å². The summed E-state index contributed by atoms with van der Waals surface area (Å²) >= 11 is 0. The highest BCUT2D eigenvalue weighted by Crippen LogP contribution is 2.39. The van der Waals surface area contributed by atoms with Crippen LogP contribution in [-0.2, 0) is 0 Å². The van der Waals surface area contributed by atoms with E-state index >= 15 is 0 Å². The third-order valence-electron chi connectivity index (χ3n) is 8.48. The molecular formula is C39H22N4O. The van der Waals surface area contributed by atoms with Gasteiger partial charge in [-0.15, -0.1) is 0 Å². The van der Waals surface area contributed by atoms with Crippen molar-refractivity contribution in [1.82, 2.24) is 14.5 Å². The summed E-state index contributed by atoms with van der Waals surface area (Å²) in [6.07, 6.45) is 0. The number of fused-ring (bicyclic) bond motifs is 7. The Labute approximate surface area is 251 Å². The van der Waals surface area contributed by atoms with E-state index in [1.54, 1.807) is 0 Å². The molecule has 0 aliphatic heterocycles. The lowest BCUT2D eigenvalue weighted by atomic mass is 10.0. The molecule has 0 N–H and O–H groups in total. The first-order valence-electron chi connectivity index (χ1n) is 14.5. The van der Waals surface area contributed by atoms with Gasteiger partial charge in [-0.3, -0.25) is 0 Å². The van der Waals surface area contributed by atoms with Crippen LogP contribution in [0.5, 0.6) is 0 Å². The van der Waals surface area contributed by atoms with Crippen molar-refractivity contribution in [3.8, 4) is 34.3 Å². The second kappa shape index (κ2) is 9.38. The smallest absolute Gasteiger partial charge is 0.161 e. The maximum atomic E-state index is 9.71. The monoisotopic (exact) mass is 562 g/mol. The van der Waals surface area contributed by atoms with Gasteiger partial charge in [0, 0.05) is 43.7 Å². The van der Waals surface area contributed by atoms with Gasteiger partial charge in [-0.25, -0.2) is 9.97 Å². The summed E-state index contributed by atoms with van der Waals surface area (Å²) in [6.45, 7) is 0. The molecule has 204 valence electrons. The van der Waals surface area contributed by atoms with Gasteiger partial charge >= 0.3 is 0 Å². The zero-order valence-electron chi connectivity index (χ0n) is 23.4. The van der Waals surface area contributed by atoms with Crippen molar-refractivity contribution in [3.63, 3.8) is 0 Å². The van der Waals surface area contributed by atoms with E-state index in [0.717, 1.165) is 66.3 Å². The van der Waals surface area contributed by atoms with E-state index < -0.39 is 0 Å². The maximum absolute atomic E-state index is 9.71. The molecule has 6 aromatic carbocycles. The van der Waals surface area contributed by atoms with Crippen molar-refractivity contribution in [3.05, 3.63) is 139 Å². The lowest BCUT2D eigenvalue weighted by molar-refractivity contribution is 0.670. The fraction of sp³-hybridized carbons (Fsp3) is 0. The fourth-order valence-electron chi connectivity index (χ4n) is 6.44. The first kappa shape index (κ1) is 24.4. The van der Waals surface area contributed by atoms with Crippen molar-refractivity contribution >= 4 is 54.6 Å². The predicted octanol–water partition coefficient (Wildman–Crippen LogP) is 9.83. The average molecular weight is 563 g/mol. The molecule has 9 rings (SSSR count). The van der Waals surface area contributed by atoms with Gasteiger partial charge in [-0.1, -0.05) is 72.8 Å². The Morgan fingerprint density at radius 3 is 2.14 bits per heavy atom. The average Bonchev–Trinajstić information content (AvgIpc) is 3.63. The van der Waals surface area contributed by atoms with Crippen molar-refractivity contribution in [2.75, 3.05) is 0 Å². The number of benzene rings is 6. The lowest BCUT2D eigenvalue weighted by Gasteiger charge is -2.10. The number of furan rings is 1. The molecular weight excluding hydrogens is 540 g/mol. The highest BCUT2D eigenvalue weighted by molar-refractivity contribution is 6.13. The first-order chi connectivity index (χ1) is 21.8. The summed E-state index contributed by atoms with van der Waals surface area (Å²) in [5.41, 5.74) is 9.27. The number of nitriles is 1. The van der Waals surface area contributed by atoms with Gasteiger partial charge in [0.1, 0.15) is 17.2 Å². The van der Waals surface area contributed by atoms with Gasteiger partial charge in [0.25, 0.3) is 0 Å². The van der Waals surface area contributed by atoms with Gasteiger partial charge in [0.2, 0.25) is 0 Å². The molecule has 44 heavy (non-hydrogen) atoms. The topological polar surface area (TPSA) is 67.6 Å². The standard InChI is InChI=1S/C39H22N4O/c40-23-34-31-10-1-4-13-33(31)41-39(42-34)24-16-19-26(20-17-24)43-35-14-5-2-8-28(35)32-22-25(18-21-36(32)43)27-11-7-12-30-29-9-3-6-15-37(29)44-38(27)30/h1-22H. The number of hydrogen-bond donors (Lipinski definition) is 0. The number of aromatic nitrogens is 3. The van der Waals surface area contributed by atoms with Crippen LogP contribution in [0.1, 0.15) is 5.69 Å². The molecule has 0 bridgehead atoms. The largest absolute Gasteiger partial charge is 0.455 e. The molecule has 0 spiro atoms. The molecule has 0 unspecified atom stereocenters. The van der Waals surface area contributed by atoms with Crippen LogP contribution in [0, 0.1) is 11.3 Å². The van der Waals surface area contributed by atoms with Crippen molar-refractivity contribution in [2.45, 2.75) is 0 Å². The molecule has 0 saturated heterocycles. The van der Waals surface area contributed by atoms with Crippen LogP contribution < -0.4 is 0 Å². The Morgan fingerprint density at radius 1 is 0.568 bits per heavy atom. The summed E-state index contributed by atoms with van der Waals surface area (Å²) in [7, 11) is 0. The molecule has 3 heterocycles. The van der Waals surface area contributed by atoms with Crippen LogP contribution in [0.15, 0.2) is 138 Å². The molecule has 0 fully saturated rings. The first-order valence-corrected chi connectivity index (χ1v) is 14.5. The molecule has 0 radical (unpaired) electrons. The van der Waals surface area contributed by atoms with Crippen LogP contribution in [-0.4, -0.2) is 14.5 Å². The number of nitrogens with zero attached hydrogens (tertiary/aromatic N) is 4. The lowest BCUT2D eigenvalue weighted by Crippen LogP contribution is -1.97. The van der Waals surface area contributed by atoms with E-state index in [2.05, 4.69) is 101 Å². The van der Waals surface area contributed by atoms with Crippen LogP contribution >= 0.6 is 0 Å². The normalized spacial score (nSPS) is 11.6. The summed E-state index contributed by atoms with van der Waals surface area (Å²) in [5, 5.41) is 15.1. The van der Waals surface area contributed by atoms with Crippen molar-refractivity contribution in [2.24, 2.45) is 0 Å². The van der Waals surface area contributed by atoms with Gasteiger partial charge in [-0.2, -0.15) is 5.26 Å². The minimum absolute atomic E-state index is 0.381. The van der Waals surface area contributed by atoms with Gasteiger partial charge in [0.15, 0.2) is 11.5 Å². The molecule has 0 amide bonds. The zero-order valence-corrected chi connectivity index (χ0v) is 23.4. The van der Waals surface area contributed by atoms with Crippen molar-refractivity contribution in [1.29, 1.82) is 5.26 Å². The van der Waals surface area contributed by atoms with E-state index in [4.69, 9.17) is 9.40 Å². The molecule has 5 nitrogen and oxygen atoms in total. The van der Waals surface area contributed by atoms with E-state index in [1.807, 2.05) is 48.5 Å². The Kier molecular flexibility index (Phi) is 5.19. The maximum Gasteiger partial charge on any atom is 0.161 e. The molecule has 9 aromatic rings. The summed E-state index contributed by atoms with van der Waals surface area (Å²) in [5.74, 6) is 0.540. The Hall–Kier alpha value is -6.25. The van der Waals surface area contributed by atoms with Crippen LogP contribution in [0.2, 0.25) is 0 Å². The minimum Gasteiger partial charge on any atom is -0.455 e. The number of rotatable bonds is 3. The Balaban J connectivity index is 1.19. The van der Waals surface area contributed by atoms with E-state index in [1.165, 1.54) is 10.8 Å². The molecule has 0 atom stereocenters. The summed E-state index contributed by atoms with van der Waals surface area (Å²) in [4.78, 5) is 9.31. The highest BCUT2D eigenvalue weighted by Gasteiger charge is 2.17. The van der Waals surface area contributed by atoms with Crippen LogP contribution in [0.3, 0.4) is 0 Å². The van der Waals surface area contributed by atoms with E-state index in [9.17, 15) is 5.26 Å². The van der Waals surface area contributed by atoms with Crippen molar-refractivity contribution < 1.29 is 4.42 Å². The second-order valence-corrected chi connectivity index (χ2v) is 10.9. The SMILES string of the molecule is N#Cc1nc(-c2ccc(-n3c4ccccc4c4cc(-c5cccc6c5oc5ccccc56)ccc43)cc2)nc2ccccc12. The van der Waals surface area contributed by atoms with Gasteiger partial charge in [-0.05, 0) is 66.2 Å². The van der Waals surface area contributed by atoms with Gasteiger partial charge < -0.3 is 8.98 Å². The quantitative estimate of drug-likeness (QED) is 0.215. The molecule has 3 aromatic heterocycles. The second-order valence-electron chi connectivity index (χ2n) is 10.9. The third kappa shape index (κ3) is 3.58. The third-order valence-corrected chi connectivity index (χ3v) is 8.48.